The van der Waals surface area contributed by atoms with E-state index < -0.39 is 15.8 Å². The van der Waals surface area contributed by atoms with Crippen LogP contribution in [0, 0.1) is 0 Å². The molecule has 0 aliphatic heterocycles. The van der Waals surface area contributed by atoms with Crippen molar-refractivity contribution in [2.75, 3.05) is 5.75 Å². The molecule has 4 nitrogen and oxygen atoms in total. The molecule has 0 amide bonds. The van der Waals surface area contributed by atoms with E-state index in [1.165, 1.54) is 0 Å². The molecule has 0 heterocycles. The number of carbonyl (C=O) groups is 1. The smallest absolute Gasteiger partial charge is 0.303 e. The quantitative estimate of drug-likeness (QED) is 0.708. The van der Waals surface area contributed by atoms with Crippen LogP contribution in [0.5, 0.6) is 0 Å². The van der Waals surface area contributed by atoms with Gasteiger partial charge in [-0.15, -0.1) is 0 Å². The van der Waals surface area contributed by atoms with Gasteiger partial charge in [0.05, 0.1) is 11.0 Å². The van der Waals surface area contributed by atoms with Gasteiger partial charge in [-0.1, -0.05) is 12.8 Å². The molecule has 88 valence electrons. The van der Waals surface area contributed by atoms with Crippen molar-refractivity contribution in [1.82, 2.24) is 0 Å². The SMILES string of the molecule is O=C(O)CCCCS(=O)(=O)C1CCCC1. The molecule has 0 aromatic carbocycles. The summed E-state index contributed by atoms with van der Waals surface area (Å²) in [6.45, 7) is 0. The van der Waals surface area contributed by atoms with E-state index in [4.69, 9.17) is 5.11 Å². The predicted octanol–water partition coefficient (Wildman–Crippen LogP) is 1.60. The van der Waals surface area contributed by atoms with Gasteiger partial charge in [-0.2, -0.15) is 0 Å². The van der Waals surface area contributed by atoms with Gasteiger partial charge < -0.3 is 5.11 Å². The minimum absolute atomic E-state index is 0.0696. The minimum Gasteiger partial charge on any atom is -0.481 e. The van der Waals surface area contributed by atoms with Crippen LogP contribution in [0.4, 0.5) is 0 Å². The molecule has 1 saturated carbocycles. The average molecular weight is 234 g/mol. The number of carboxylic acid groups (broad SMARTS) is 1. The van der Waals surface area contributed by atoms with Crippen LogP contribution >= 0.6 is 0 Å². The maximum Gasteiger partial charge on any atom is 0.303 e. The summed E-state index contributed by atoms with van der Waals surface area (Å²) in [5, 5.41) is 8.25. The molecular formula is C10H18O4S. The second-order valence-corrected chi connectivity index (χ2v) is 6.52. The topological polar surface area (TPSA) is 71.4 Å². The van der Waals surface area contributed by atoms with Crippen LogP contribution < -0.4 is 0 Å². The second-order valence-electron chi connectivity index (χ2n) is 4.12. The molecule has 5 heteroatoms. The summed E-state index contributed by atoms with van der Waals surface area (Å²) in [6, 6.07) is 0. The number of hydrogen-bond acceptors (Lipinski definition) is 3. The van der Waals surface area contributed by atoms with Gasteiger partial charge in [-0.05, 0) is 25.7 Å². The van der Waals surface area contributed by atoms with Crippen molar-refractivity contribution in [3.05, 3.63) is 0 Å². The predicted molar refractivity (Wildman–Crippen MR) is 57.5 cm³/mol. The zero-order valence-electron chi connectivity index (χ0n) is 8.81. The second kappa shape index (κ2) is 5.49. The number of aliphatic carboxylic acids is 1. The van der Waals surface area contributed by atoms with E-state index in [2.05, 4.69) is 0 Å². The van der Waals surface area contributed by atoms with E-state index >= 15 is 0 Å². The van der Waals surface area contributed by atoms with Gasteiger partial charge in [-0.3, -0.25) is 4.79 Å². The molecule has 1 aliphatic carbocycles. The average Bonchev–Trinajstić information content (AvgIpc) is 2.65. The Morgan fingerprint density at radius 1 is 1.20 bits per heavy atom. The van der Waals surface area contributed by atoms with E-state index in [1.807, 2.05) is 0 Å². The van der Waals surface area contributed by atoms with Gasteiger partial charge in [0.1, 0.15) is 0 Å². The van der Waals surface area contributed by atoms with Crippen LogP contribution in [-0.2, 0) is 14.6 Å². The van der Waals surface area contributed by atoms with Gasteiger partial charge in [-0.25, -0.2) is 8.42 Å². The Hall–Kier alpha value is -0.580. The summed E-state index contributed by atoms with van der Waals surface area (Å²) < 4.78 is 23.5. The number of carboxylic acids is 1. The third-order valence-electron chi connectivity index (χ3n) is 2.88. The van der Waals surface area contributed by atoms with Gasteiger partial charge in [0, 0.05) is 6.42 Å². The van der Waals surface area contributed by atoms with Crippen LogP contribution in [0.15, 0.2) is 0 Å². The number of rotatable bonds is 6. The molecule has 1 aliphatic rings. The van der Waals surface area contributed by atoms with Crippen molar-refractivity contribution in [3.8, 4) is 0 Å². The Kier molecular flexibility index (Phi) is 4.57. The van der Waals surface area contributed by atoms with Gasteiger partial charge in [0.15, 0.2) is 9.84 Å². The first kappa shape index (κ1) is 12.5. The first-order valence-corrected chi connectivity index (χ1v) is 7.17. The Balaban J connectivity index is 2.27. The monoisotopic (exact) mass is 234 g/mol. The molecule has 0 aromatic rings. The van der Waals surface area contributed by atoms with Gasteiger partial charge in [0.2, 0.25) is 0 Å². The highest BCUT2D eigenvalue weighted by Crippen LogP contribution is 2.25. The highest BCUT2D eigenvalue weighted by Gasteiger charge is 2.27. The first-order chi connectivity index (χ1) is 7.02. The fourth-order valence-electron chi connectivity index (χ4n) is 1.99. The molecule has 15 heavy (non-hydrogen) atoms. The molecular weight excluding hydrogens is 216 g/mol. The number of sulfone groups is 1. The lowest BCUT2D eigenvalue weighted by atomic mass is 10.2. The highest BCUT2D eigenvalue weighted by molar-refractivity contribution is 7.92. The Morgan fingerprint density at radius 3 is 2.33 bits per heavy atom. The molecule has 0 aromatic heterocycles. The van der Waals surface area contributed by atoms with Crippen molar-refractivity contribution in [2.45, 2.75) is 50.2 Å². The third-order valence-corrected chi connectivity index (χ3v) is 5.22. The van der Waals surface area contributed by atoms with Crippen molar-refractivity contribution in [1.29, 1.82) is 0 Å². The van der Waals surface area contributed by atoms with E-state index in [-0.39, 0.29) is 17.4 Å². The molecule has 1 rings (SSSR count). The Bertz CT molecular complexity index is 301. The van der Waals surface area contributed by atoms with Gasteiger partial charge in [0.25, 0.3) is 0 Å². The van der Waals surface area contributed by atoms with Crippen molar-refractivity contribution in [3.63, 3.8) is 0 Å². The van der Waals surface area contributed by atoms with Crippen molar-refractivity contribution in [2.24, 2.45) is 0 Å². The molecule has 0 radical (unpaired) electrons. The Labute approximate surface area is 90.6 Å². The lowest BCUT2D eigenvalue weighted by Crippen LogP contribution is -2.21. The van der Waals surface area contributed by atoms with Gasteiger partial charge >= 0.3 is 5.97 Å². The van der Waals surface area contributed by atoms with Crippen LogP contribution in [-0.4, -0.2) is 30.5 Å². The molecule has 0 bridgehead atoms. The highest BCUT2D eigenvalue weighted by atomic mass is 32.2. The van der Waals surface area contributed by atoms with E-state index in [9.17, 15) is 13.2 Å². The third kappa shape index (κ3) is 4.20. The fraction of sp³-hybridized carbons (Fsp3) is 0.900. The normalized spacial score (nSPS) is 18.1. The zero-order chi connectivity index (χ0) is 11.3. The zero-order valence-corrected chi connectivity index (χ0v) is 9.63. The summed E-state index contributed by atoms with van der Waals surface area (Å²) in [5.74, 6) is -0.696. The summed E-state index contributed by atoms with van der Waals surface area (Å²) in [6.07, 6.45) is 4.62. The minimum atomic E-state index is -2.95. The fourth-order valence-corrected chi connectivity index (χ4v) is 3.99. The maximum atomic E-state index is 11.7. The van der Waals surface area contributed by atoms with Crippen LogP contribution in [0.25, 0.3) is 0 Å². The molecule has 0 spiro atoms. The van der Waals surface area contributed by atoms with Crippen LogP contribution in [0.2, 0.25) is 0 Å². The number of hydrogen-bond donors (Lipinski definition) is 1. The van der Waals surface area contributed by atoms with E-state index in [0.29, 0.717) is 12.8 Å². The summed E-state index contributed by atoms with van der Waals surface area (Å²) in [5.41, 5.74) is 0. The number of unbranched alkanes of at least 4 members (excludes halogenated alkanes) is 1. The molecule has 1 fully saturated rings. The molecule has 0 atom stereocenters. The lowest BCUT2D eigenvalue weighted by Gasteiger charge is -2.10. The summed E-state index contributed by atoms with van der Waals surface area (Å²) in [4.78, 5) is 10.2. The van der Waals surface area contributed by atoms with Crippen LogP contribution in [0.1, 0.15) is 44.9 Å². The van der Waals surface area contributed by atoms with Crippen molar-refractivity contribution >= 4 is 15.8 Å². The van der Waals surface area contributed by atoms with Crippen molar-refractivity contribution < 1.29 is 18.3 Å². The first-order valence-electron chi connectivity index (χ1n) is 5.46. The Morgan fingerprint density at radius 2 is 1.80 bits per heavy atom. The molecule has 1 N–H and O–H groups in total. The lowest BCUT2D eigenvalue weighted by molar-refractivity contribution is -0.137. The summed E-state index contributed by atoms with van der Waals surface area (Å²) in [7, 11) is -2.95. The van der Waals surface area contributed by atoms with E-state index in [1.54, 1.807) is 0 Å². The maximum absolute atomic E-state index is 11.7. The standard InChI is InChI=1S/C10H18O4S/c11-10(12)7-3-4-8-15(13,14)9-5-1-2-6-9/h9H,1-8H2,(H,11,12). The van der Waals surface area contributed by atoms with E-state index in [0.717, 1.165) is 25.7 Å². The molecule has 0 saturated heterocycles. The summed E-state index contributed by atoms with van der Waals surface area (Å²) >= 11 is 0. The molecule has 0 unspecified atom stereocenters. The largest absolute Gasteiger partial charge is 0.481 e. The van der Waals surface area contributed by atoms with Crippen LogP contribution in [0.3, 0.4) is 0 Å².